The summed E-state index contributed by atoms with van der Waals surface area (Å²) in [6, 6.07) is 8.54. The molecule has 0 amide bonds. The Labute approximate surface area is 121 Å². The third kappa shape index (κ3) is 3.25. The molecule has 0 fully saturated rings. The first kappa shape index (κ1) is 13.8. The summed E-state index contributed by atoms with van der Waals surface area (Å²) < 4.78 is 1.33. The van der Waals surface area contributed by atoms with Crippen molar-refractivity contribution in [2.24, 2.45) is 5.10 Å². The molecule has 0 radical (unpaired) electrons. The standard InChI is InChI=1S/C14H12Cl2N2O/c1-9-5-10(2)18(14(19)6-9)17-8-11-3-4-12(15)7-13(11)16/h3-8H,1-2H3. The molecule has 0 saturated carbocycles. The molecule has 0 aliphatic heterocycles. The summed E-state index contributed by atoms with van der Waals surface area (Å²) in [6.07, 6.45) is 1.54. The van der Waals surface area contributed by atoms with Crippen LogP contribution >= 0.6 is 23.2 Å². The van der Waals surface area contributed by atoms with Crippen LogP contribution in [0.1, 0.15) is 16.8 Å². The molecule has 0 saturated heterocycles. The molecule has 0 bridgehead atoms. The zero-order chi connectivity index (χ0) is 14.0. The van der Waals surface area contributed by atoms with Crippen LogP contribution in [-0.4, -0.2) is 10.9 Å². The van der Waals surface area contributed by atoms with Crippen molar-refractivity contribution < 1.29 is 0 Å². The molecule has 1 aromatic carbocycles. The number of hydrogen-bond acceptors (Lipinski definition) is 2. The van der Waals surface area contributed by atoms with E-state index < -0.39 is 0 Å². The first-order valence-corrected chi connectivity index (χ1v) is 6.42. The van der Waals surface area contributed by atoms with Gasteiger partial charge in [0, 0.05) is 22.3 Å². The summed E-state index contributed by atoms with van der Waals surface area (Å²) in [5, 5.41) is 5.21. The number of aryl methyl sites for hydroxylation is 2. The van der Waals surface area contributed by atoms with Gasteiger partial charge in [-0.15, -0.1) is 0 Å². The molecule has 5 heteroatoms. The lowest BCUT2D eigenvalue weighted by Crippen LogP contribution is -2.18. The lowest BCUT2D eigenvalue weighted by atomic mass is 10.2. The summed E-state index contributed by atoms with van der Waals surface area (Å²) in [6.45, 7) is 3.70. The van der Waals surface area contributed by atoms with Crippen molar-refractivity contribution in [3.8, 4) is 0 Å². The molecule has 0 unspecified atom stereocenters. The van der Waals surface area contributed by atoms with Crippen LogP contribution in [-0.2, 0) is 0 Å². The smallest absolute Gasteiger partial charge is 0.267 e. The highest BCUT2D eigenvalue weighted by molar-refractivity contribution is 6.36. The van der Waals surface area contributed by atoms with Gasteiger partial charge in [-0.1, -0.05) is 29.3 Å². The predicted octanol–water partition coefficient (Wildman–Crippen LogP) is 3.65. The van der Waals surface area contributed by atoms with E-state index in [2.05, 4.69) is 5.10 Å². The van der Waals surface area contributed by atoms with Crippen LogP contribution in [0.15, 0.2) is 40.2 Å². The van der Waals surface area contributed by atoms with Crippen molar-refractivity contribution in [2.45, 2.75) is 13.8 Å². The van der Waals surface area contributed by atoms with E-state index in [1.807, 2.05) is 19.9 Å². The maximum atomic E-state index is 11.8. The lowest BCUT2D eigenvalue weighted by molar-refractivity contribution is 0.791. The third-order valence-electron chi connectivity index (χ3n) is 2.61. The van der Waals surface area contributed by atoms with Gasteiger partial charge < -0.3 is 0 Å². The van der Waals surface area contributed by atoms with Crippen LogP contribution in [0.25, 0.3) is 0 Å². The van der Waals surface area contributed by atoms with Crippen LogP contribution in [0.4, 0.5) is 0 Å². The Balaban J connectivity index is 2.41. The largest absolute Gasteiger partial charge is 0.271 e. The average Bonchev–Trinajstić information content (AvgIpc) is 2.30. The first-order chi connectivity index (χ1) is 8.97. The Morgan fingerprint density at radius 3 is 2.53 bits per heavy atom. The summed E-state index contributed by atoms with van der Waals surface area (Å²) in [4.78, 5) is 11.8. The Bertz CT molecular complexity index is 705. The van der Waals surface area contributed by atoms with E-state index >= 15 is 0 Å². The minimum Gasteiger partial charge on any atom is -0.267 e. The van der Waals surface area contributed by atoms with Gasteiger partial charge in [0.2, 0.25) is 0 Å². The summed E-state index contributed by atoms with van der Waals surface area (Å²) in [7, 11) is 0. The molecule has 0 aliphatic carbocycles. The van der Waals surface area contributed by atoms with E-state index in [1.54, 1.807) is 24.4 Å². The summed E-state index contributed by atoms with van der Waals surface area (Å²) in [5.41, 5.74) is 2.22. The van der Waals surface area contributed by atoms with E-state index in [-0.39, 0.29) is 5.56 Å². The molecule has 1 heterocycles. The van der Waals surface area contributed by atoms with Gasteiger partial charge in [0.1, 0.15) is 0 Å². The van der Waals surface area contributed by atoms with E-state index in [0.29, 0.717) is 15.6 Å². The van der Waals surface area contributed by atoms with Crippen LogP contribution in [0.3, 0.4) is 0 Å². The quantitative estimate of drug-likeness (QED) is 0.779. The van der Waals surface area contributed by atoms with Gasteiger partial charge in [-0.3, -0.25) is 4.79 Å². The maximum absolute atomic E-state index is 11.8. The van der Waals surface area contributed by atoms with Gasteiger partial charge in [0.25, 0.3) is 5.56 Å². The predicted molar refractivity (Wildman–Crippen MR) is 79.6 cm³/mol. The van der Waals surface area contributed by atoms with Crippen LogP contribution in [0, 0.1) is 13.8 Å². The molecule has 0 atom stereocenters. The number of rotatable bonds is 2. The lowest BCUT2D eigenvalue weighted by Gasteiger charge is -2.04. The number of hydrogen-bond donors (Lipinski definition) is 0. The number of halogens is 2. The molecule has 19 heavy (non-hydrogen) atoms. The summed E-state index contributed by atoms with van der Waals surface area (Å²) in [5.74, 6) is 0. The normalized spacial score (nSPS) is 11.2. The van der Waals surface area contributed by atoms with Crippen LogP contribution in [0.5, 0.6) is 0 Å². The molecular weight excluding hydrogens is 283 g/mol. The highest BCUT2D eigenvalue weighted by Gasteiger charge is 2.01. The first-order valence-electron chi connectivity index (χ1n) is 5.67. The van der Waals surface area contributed by atoms with Crippen LogP contribution in [0.2, 0.25) is 10.0 Å². The van der Waals surface area contributed by atoms with Gasteiger partial charge in [0.05, 0.1) is 11.2 Å². The highest BCUT2D eigenvalue weighted by atomic mass is 35.5. The summed E-state index contributed by atoms with van der Waals surface area (Å²) >= 11 is 11.9. The van der Waals surface area contributed by atoms with Gasteiger partial charge >= 0.3 is 0 Å². The molecule has 2 aromatic rings. The fourth-order valence-electron chi connectivity index (χ4n) is 1.74. The number of aromatic nitrogens is 1. The van der Waals surface area contributed by atoms with Crippen molar-refractivity contribution >= 4 is 29.4 Å². The topological polar surface area (TPSA) is 34.4 Å². The van der Waals surface area contributed by atoms with Crippen molar-refractivity contribution in [3.63, 3.8) is 0 Å². The minimum absolute atomic E-state index is 0.168. The molecule has 0 N–H and O–H groups in total. The Morgan fingerprint density at radius 2 is 1.89 bits per heavy atom. The minimum atomic E-state index is -0.168. The van der Waals surface area contributed by atoms with Crippen molar-refractivity contribution in [1.29, 1.82) is 0 Å². The second kappa shape index (κ2) is 5.59. The van der Waals surface area contributed by atoms with E-state index in [0.717, 1.165) is 11.3 Å². The Hall–Kier alpha value is -1.58. The monoisotopic (exact) mass is 294 g/mol. The van der Waals surface area contributed by atoms with Crippen LogP contribution < -0.4 is 5.56 Å². The van der Waals surface area contributed by atoms with E-state index in [4.69, 9.17) is 23.2 Å². The van der Waals surface area contributed by atoms with E-state index in [1.165, 1.54) is 10.7 Å². The number of pyridine rings is 1. The van der Waals surface area contributed by atoms with Gasteiger partial charge in [-0.25, -0.2) is 4.68 Å². The molecule has 2 rings (SSSR count). The highest BCUT2D eigenvalue weighted by Crippen LogP contribution is 2.19. The van der Waals surface area contributed by atoms with Gasteiger partial charge in [-0.05, 0) is 37.6 Å². The zero-order valence-corrected chi connectivity index (χ0v) is 12.0. The molecule has 0 aliphatic rings. The molecule has 3 nitrogen and oxygen atoms in total. The molecule has 1 aromatic heterocycles. The Morgan fingerprint density at radius 1 is 1.16 bits per heavy atom. The van der Waals surface area contributed by atoms with Crippen molar-refractivity contribution in [1.82, 2.24) is 4.68 Å². The van der Waals surface area contributed by atoms with Crippen molar-refractivity contribution in [2.75, 3.05) is 0 Å². The SMILES string of the molecule is Cc1cc(C)n(N=Cc2ccc(Cl)cc2Cl)c(=O)c1. The fourth-order valence-corrected chi connectivity index (χ4v) is 2.19. The zero-order valence-electron chi connectivity index (χ0n) is 10.5. The fraction of sp³-hybridized carbons (Fsp3) is 0.143. The number of nitrogens with zero attached hydrogens (tertiary/aromatic N) is 2. The number of benzene rings is 1. The average molecular weight is 295 g/mol. The van der Waals surface area contributed by atoms with Crippen molar-refractivity contribution in [3.05, 3.63) is 67.6 Å². The molecular formula is C14H12Cl2N2O. The molecule has 98 valence electrons. The van der Waals surface area contributed by atoms with Gasteiger partial charge in [0.15, 0.2) is 0 Å². The Kier molecular flexibility index (Phi) is 4.08. The second-order valence-corrected chi connectivity index (χ2v) is 5.08. The second-order valence-electron chi connectivity index (χ2n) is 4.23. The van der Waals surface area contributed by atoms with Gasteiger partial charge in [-0.2, -0.15) is 5.10 Å². The maximum Gasteiger partial charge on any atom is 0.271 e. The third-order valence-corrected chi connectivity index (χ3v) is 3.17. The molecule has 0 spiro atoms. The van der Waals surface area contributed by atoms with E-state index in [9.17, 15) is 4.79 Å².